The predicted octanol–water partition coefficient (Wildman–Crippen LogP) is 1.72. The molecule has 0 aromatic heterocycles. The molecule has 3 aliphatic rings. The normalized spacial score (nSPS) is 33.1. The third kappa shape index (κ3) is 1.72. The van der Waals surface area contributed by atoms with Crippen molar-refractivity contribution in [1.29, 1.82) is 0 Å². The smallest absolute Gasteiger partial charge is 0.238 e. The molecule has 4 heteroatoms. The Bertz CT molecular complexity index is 622. The number of carbonyl (C=O) groups is 2. The number of nitrogens with one attached hydrogen (secondary N) is 1. The highest BCUT2D eigenvalue weighted by Crippen LogP contribution is 2.53. The van der Waals surface area contributed by atoms with Crippen molar-refractivity contribution in [3.63, 3.8) is 0 Å². The fourth-order valence-corrected chi connectivity index (χ4v) is 4.17. The zero-order chi connectivity index (χ0) is 14.6. The van der Waals surface area contributed by atoms with Gasteiger partial charge in [0.15, 0.2) is 0 Å². The van der Waals surface area contributed by atoms with Gasteiger partial charge >= 0.3 is 0 Å². The van der Waals surface area contributed by atoms with Crippen LogP contribution < -0.4 is 10.2 Å². The maximum atomic E-state index is 12.7. The van der Waals surface area contributed by atoms with Gasteiger partial charge in [0.1, 0.15) is 0 Å². The van der Waals surface area contributed by atoms with Crippen molar-refractivity contribution < 1.29 is 9.59 Å². The Morgan fingerprint density at radius 2 is 1.81 bits per heavy atom. The molecule has 4 unspecified atom stereocenters. The van der Waals surface area contributed by atoms with E-state index in [-0.39, 0.29) is 35.5 Å². The van der Waals surface area contributed by atoms with Gasteiger partial charge in [0.05, 0.1) is 17.5 Å². The number of rotatable bonds is 3. The van der Waals surface area contributed by atoms with Crippen molar-refractivity contribution in [3.05, 3.63) is 42.0 Å². The molecule has 2 fully saturated rings. The van der Waals surface area contributed by atoms with E-state index in [4.69, 9.17) is 0 Å². The summed E-state index contributed by atoms with van der Waals surface area (Å²) in [5, 5.41) is 3.09. The molecule has 0 radical (unpaired) electrons. The quantitative estimate of drug-likeness (QED) is 0.678. The van der Waals surface area contributed by atoms with Gasteiger partial charge in [-0.25, -0.2) is 0 Å². The second-order valence-corrected chi connectivity index (χ2v) is 6.21. The number of benzene rings is 1. The molecule has 2 bridgehead atoms. The molecule has 1 aliphatic heterocycles. The number of carbonyl (C=O) groups excluding carboxylic acids is 2. The van der Waals surface area contributed by atoms with Crippen molar-refractivity contribution >= 4 is 17.5 Å². The monoisotopic (exact) mass is 282 g/mol. The van der Waals surface area contributed by atoms with E-state index in [2.05, 4.69) is 17.5 Å². The molecule has 4 atom stereocenters. The van der Waals surface area contributed by atoms with E-state index < -0.39 is 0 Å². The Morgan fingerprint density at radius 1 is 1.14 bits per heavy atom. The third-order valence-corrected chi connectivity index (χ3v) is 5.02. The van der Waals surface area contributed by atoms with Crippen LogP contribution in [0.15, 0.2) is 36.4 Å². The molecule has 4 rings (SSSR count). The first kappa shape index (κ1) is 12.8. The van der Waals surface area contributed by atoms with Crippen LogP contribution in [0.4, 0.5) is 5.69 Å². The van der Waals surface area contributed by atoms with Crippen LogP contribution in [-0.2, 0) is 16.1 Å². The van der Waals surface area contributed by atoms with Gasteiger partial charge in [-0.05, 0) is 43.0 Å². The highest BCUT2D eigenvalue weighted by molar-refractivity contribution is 6.22. The van der Waals surface area contributed by atoms with E-state index in [0.717, 1.165) is 18.5 Å². The number of hydrogen-bond donors (Lipinski definition) is 1. The number of allylic oxidation sites excluding steroid dienone is 2. The van der Waals surface area contributed by atoms with Gasteiger partial charge in [0.2, 0.25) is 11.8 Å². The summed E-state index contributed by atoms with van der Waals surface area (Å²) in [5.41, 5.74) is 1.79. The molecule has 0 spiro atoms. The van der Waals surface area contributed by atoms with Gasteiger partial charge in [-0.2, -0.15) is 0 Å². The minimum Gasteiger partial charge on any atom is -0.316 e. The molecule has 1 aromatic rings. The van der Waals surface area contributed by atoms with Gasteiger partial charge in [0.25, 0.3) is 0 Å². The lowest BCUT2D eigenvalue weighted by atomic mass is 9.85. The lowest BCUT2D eigenvalue weighted by Crippen LogP contribution is -2.32. The minimum atomic E-state index is -0.125. The van der Waals surface area contributed by atoms with Crippen LogP contribution in [0, 0.1) is 23.7 Å². The van der Waals surface area contributed by atoms with E-state index in [9.17, 15) is 9.59 Å². The topological polar surface area (TPSA) is 49.4 Å². The standard InChI is InChI=1S/C17H18N2O2/c1-18-9-10-3-2-4-13(7-10)19-16(20)14-11-5-6-12(8-11)15(14)17(19)21/h2-7,11-12,14-15,18H,8-9H2,1H3. The molecule has 1 saturated heterocycles. The van der Waals surface area contributed by atoms with Gasteiger partial charge in [-0.15, -0.1) is 0 Å². The molecule has 1 N–H and O–H groups in total. The Labute approximate surface area is 123 Å². The summed E-state index contributed by atoms with van der Waals surface area (Å²) in [7, 11) is 1.88. The highest BCUT2D eigenvalue weighted by Gasteiger charge is 2.59. The molecule has 21 heavy (non-hydrogen) atoms. The second-order valence-electron chi connectivity index (χ2n) is 6.21. The average Bonchev–Trinajstić information content (AvgIpc) is 3.14. The molecule has 108 valence electrons. The molecule has 1 aromatic carbocycles. The van der Waals surface area contributed by atoms with Gasteiger partial charge in [-0.1, -0.05) is 24.3 Å². The van der Waals surface area contributed by atoms with Crippen LogP contribution in [-0.4, -0.2) is 18.9 Å². The molecule has 4 nitrogen and oxygen atoms in total. The molecule has 2 aliphatic carbocycles. The number of imide groups is 1. The van der Waals surface area contributed by atoms with Crippen molar-refractivity contribution in [2.24, 2.45) is 23.7 Å². The SMILES string of the molecule is CNCc1cccc(N2C(=O)C3C4C=CC(C4)C3C2=O)c1. The van der Waals surface area contributed by atoms with E-state index in [1.54, 1.807) is 0 Å². The van der Waals surface area contributed by atoms with E-state index in [0.29, 0.717) is 5.69 Å². The van der Waals surface area contributed by atoms with Crippen LogP contribution in [0.5, 0.6) is 0 Å². The fourth-order valence-electron chi connectivity index (χ4n) is 4.17. The van der Waals surface area contributed by atoms with Crippen molar-refractivity contribution in [2.75, 3.05) is 11.9 Å². The zero-order valence-electron chi connectivity index (χ0n) is 12.0. The largest absolute Gasteiger partial charge is 0.316 e. The zero-order valence-corrected chi connectivity index (χ0v) is 12.0. The highest BCUT2D eigenvalue weighted by atomic mass is 16.2. The van der Waals surface area contributed by atoms with E-state index in [1.807, 2.05) is 31.3 Å². The van der Waals surface area contributed by atoms with Crippen LogP contribution in [0.2, 0.25) is 0 Å². The lowest BCUT2D eigenvalue weighted by Gasteiger charge is -2.18. The van der Waals surface area contributed by atoms with Crippen molar-refractivity contribution in [1.82, 2.24) is 5.32 Å². The summed E-state index contributed by atoms with van der Waals surface area (Å²) in [6.07, 6.45) is 5.22. The molecular formula is C17H18N2O2. The summed E-state index contributed by atoms with van der Waals surface area (Å²) in [5.74, 6) is 0.261. The second kappa shape index (κ2) is 4.53. The Morgan fingerprint density at radius 3 is 2.43 bits per heavy atom. The Balaban J connectivity index is 1.69. The summed E-state index contributed by atoms with van der Waals surface area (Å²) in [4.78, 5) is 26.8. The first-order valence-electron chi connectivity index (χ1n) is 7.50. The molecule has 1 saturated carbocycles. The van der Waals surface area contributed by atoms with Crippen LogP contribution in [0.25, 0.3) is 0 Å². The molecular weight excluding hydrogens is 264 g/mol. The summed E-state index contributed by atoms with van der Waals surface area (Å²) in [6, 6.07) is 7.69. The van der Waals surface area contributed by atoms with Gasteiger partial charge in [0, 0.05) is 6.54 Å². The lowest BCUT2D eigenvalue weighted by molar-refractivity contribution is -0.123. The average molecular weight is 282 g/mol. The maximum absolute atomic E-state index is 12.7. The predicted molar refractivity (Wildman–Crippen MR) is 79.4 cm³/mol. The summed E-state index contributed by atoms with van der Waals surface area (Å²) < 4.78 is 0. The first-order chi connectivity index (χ1) is 10.2. The van der Waals surface area contributed by atoms with Crippen molar-refractivity contribution in [2.45, 2.75) is 13.0 Å². The number of fused-ring (bicyclic) bond motifs is 5. The van der Waals surface area contributed by atoms with Crippen LogP contribution in [0.3, 0.4) is 0 Å². The van der Waals surface area contributed by atoms with Crippen molar-refractivity contribution in [3.8, 4) is 0 Å². The van der Waals surface area contributed by atoms with Gasteiger partial charge in [-0.3, -0.25) is 14.5 Å². The fraction of sp³-hybridized carbons (Fsp3) is 0.412. The van der Waals surface area contributed by atoms with Gasteiger partial charge < -0.3 is 5.32 Å². The number of hydrogen-bond acceptors (Lipinski definition) is 3. The molecule has 1 heterocycles. The van der Waals surface area contributed by atoms with Crippen LogP contribution >= 0.6 is 0 Å². The minimum absolute atomic E-state index is 0.0107. The summed E-state index contributed by atoms with van der Waals surface area (Å²) >= 11 is 0. The first-order valence-corrected chi connectivity index (χ1v) is 7.50. The number of anilines is 1. The molecule has 2 amide bonds. The van der Waals surface area contributed by atoms with E-state index in [1.165, 1.54) is 4.90 Å². The Hall–Kier alpha value is -1.94. The third-order valence-electron chi connectivity index (χ3n) is 5.02. The summed E-state index contributed by atoms with van der Waals surface area (Å²) in [6.45, 7) is 0.726. The number of nitrogens with zero attached hydrogens (tertiary/aromatic N) is 1. The van der Waals surface area contributed by atoms with E-state index >= 15 is 0 Å². The Kier molecular flexibility index (Phi) is 2.76. The van der Waals surface area contributed by atoms with Crippen LogP contribution in [0.1, 0.15) is 12.0 Å². The maximum Gasteiger partial charge on any atom is 0.238 e. The number of amides is 2.